The van der Waals surface area contributed by atoms with Gasteiger partial charge in [0.2, 0.25) is 5.91 Å². The summed E-state index contributed by atoms with van der Waals surface area (Å²) in [5.74, 6) is 0.901. The molecule has 104 valence electrons. The second-order valence-electron chi connectivity index (χ2n) is 4.78. The Labute approximate surface area is 117 Å². The van der Waals surface area contributed by atoms with Gasteiger partial charge < -0.3 is 9.64 Å². The molecule has 1 atom stereocenters. The van der Waals surface area contributed by atoms with Crippen LogP contribution in [0.3, 0.4) is 0 Å². The Hall–Kier alpha value is -2.37. The first-order chi connectivity index (χ1) is 9.81. The van der Waals surface area contributed by atoms with E-state index in [4.69, 9.17) is 4.74 Å². The number of para-hydroxylation sites is 1. The molecule has 1 aliphatic rings. The van der Waals surface area contributed by atoms with Crippen LogP contribution in [0.1, 0.15) is 6.42 Å². The fraction of sp³-hybridized carbons (Fsp3) is 0.357. The van der Waals surface area contributed by atoms with E-state index in [0.717, 1.165) is 18.7 Å². The number of hydrogen-bond acceptors (Lipinski definition) is 4. The number of likely N-dealkylation sites (tertiary alicyclic amines) is 1. The van der Waals surface area contributed by atoms with Gasteiger partial charge in [-0.2, -0.15) is 0 Å². The van der Waals surface area contributed by atoms with Crippen LogP contribution in [0.25, 0.3) is 0 Å². The van der Waals surface area contributed by atoms with Crippen LogP contribution in [-0.2, 0) is 11.3 Å². The molecule has 6 nitrogen and oxygen atoms in total. The summed E-state index contributed by atoms with van der Waals surface area (Å²) in [4.78, 5) is 13.9. The van der Waals surface area contributed by atoms with Gasteiger partial charge in [0.1, 0.15) is 18.4 Å². The highest BCUT2D eigenvalue weighted by Crippen LogP contribution is 2.18. The van der Waals surface area contributed by atoms with Crippen LogP contribution < -0.4 is 4.74 Å². The molecule has 0 aliphatic carbocycles. The lowest BCUT2D eigenvalue weighted by atomic mass is 10.3. The van der Waals surface area contributed by atoms with E-state index in [0.29, 0.717) is 6.54 Å². The van der Waals surface area contributed by atoms with Gasteiger partial charge in [0, 0.05) is 19.2 Å². The topological polar surface area (TPSA) is 60.2 Å². The number of aromatic nitrogens is 3. The molecule has 3 rings (SSSR count). The molecule has 1 fully saturated rings. The minimum Gasteiger partial charge on any atom is -0.489 e. The summed E-state index contributed by atoms with van der Waals surface area (Å²) in [7, 11) is 0. The smallest absolute Gasteiger partial charge is 0.244 e. The lowest BCUT2D eigenvalue weighted by Gasteiger charge is -2.17. The number of amides is 1. The van der Waals surface area contributed by atoms with E-state index in [1.807, 2.05) is 35.2 Å². The second-order valence-corrected chi connectivity index (χ2v) is 4.78. The van der Waals surface area contributed by atoms with Crippen LogP contribution in [0.15, 0.2) is 42.7 Å². The van der Waals surface area contributed by atoms with Crippen molar-refractivity contribution in [3.8, 4) is 5.75 Å². The molecular weight excluding hydrogens is 256 g/mol. The molecule has 1 aromatic heterocycles. The highest BCUT2D eigenvalue weighted by molar-refractivity contribution is 5.76. The molecule has 1 amide bonds. The summed E-state index contributed by atoms with van der Waals surface area (Å²) in [6.45, 7) is 1.59. The first-order valence-corrected chi connectivity index (χ1v) is 6.65. The van der Waals surface area contributed by atoms with Gasteiger partial charge in [-0.15, -0.1) is 5.10 Å². The fourth-order valence-electron chi connectivity index (χ4n) is 2.30. The zero-order valence-corrected chi connectivity index (χ0v) is 11.1. The van der Waals surface area contributed by atoms with Gasteiger partial charge >= 0.3 is 0 Å². The zero-order valence-electron chi connectivity index (χ0n) is 11.1. The van der Waals surface area contributed by atoms with Gasteiger partial charge in [-0.25, -0.2) is 4.68 Å². The minimum absolute atomic E-state index is 0.0506. The van der Waals surface area contributed by atoms with Crippen LogP contribution in [0.2, 0.25) is 0 Å². The maximum atomic E-state index is 12.1. The van der Waals surface area contributed by atoms with Gasteiger partial charge in [-0.1, -0.05) is 23.4 Å². The Bertz CT molecular complexity index is 556. The molecular formula is C14H16N4O2. The number of carbonyl (C=O) groups is 1. The lowest BCUT2D eigenvalue weighted by molar-refractivity contribution is -0.131. The predicted molar refractivity (Wildman–Crippen MR) is 72.1 cm³/mol. The van der Waals surface area contributed by atoms with Crippen molar-refractivity contribution in [1.29, 1.82) is 0 Å². The van der Waals surface area contributed by atoms with Crippen molar-refractivity contribution >= 4 is 5.91 Å². The van der Waals surface area contributed by atoms with Crippen molar-refractivity contribution in [3.05, 3.63) is 42.7 Å². The normalized spacial score (nSPS) is 18.2. The minimum atomic E-state index is 0.0506. The molecule has 0 unspecified atom stereocenters. The van der Waals surface area contributed by atoms with Crippen molar-refractivity contribution in [2.45, 2.75) is 19.1 Å². The summed E-state index contributed by atoms with van der Waals surface area (Å²) in [6.07, 6.45) is 4.18. The molecule has 2 heterocycles. The van der Waals surface area contributed by atoms with Gasteiger partial charge in [0.15, 0.2) is 0 Å². The van der Waals surface area contributed by atoms with Crippen molar-refractivity contribution in [2.24, 2.45) is 0 Å². The largest absolute Gasteiger partial charge is 0.489 e. The average molecular weight is 272 g/mol. The van der Waals surface area contributed by atoms with Crippen molar-refractivity contribution < 1.29 is 9.53 Å². The highest BCUT2D eigenvalue weighted by atomic mass is 16.5. The summed E-state index contributed by atoms with van der Waals surface area (Å²) in [5.41, 5.74) is 0. The van der Waals surface area contributed by atoms with Crippen LogP contribution in [-0.4, -0.2) is 45.0 Å². The van der Waals surface area contributed by atoms with Crippen molar-refractivity contribution in [2.75, 3.05) is 13.1 Å². The van der Waals surface area contributed by atoms with E-state index < -0.39 is 0 Å². The Morgan fingerprint density at radius 3 is 2.95 bits per heavy atom. The quantitative estimate of drug-likeness (QED) is 0.831. The van der Waals surface area contributed by atoms with E-state index in [1.165, 1.54) is 4.68 Å². The summed E-state index contributed by atoms with van der Waals surface area (Å²) < 4.78 is 7.40. The third-order valence-electron chi connectivity index (χ3n) is 3.31. The summed E-state index contributed by atoms with van der Waals surface area (Å²) >= 11 is 0. The summed E-state index contributed by atoms with van der Waals surface area (Å²) in [6, 6.07) is 9.70. The van der Waals surface area contributed by atoms with Crippen molar-refractivity contribution in [3.63, 3.8) is 0 Å². The monoisotopic (exact) mass is 272 g/mol. The second kappa shape index (κ2) is 5.73. The summed E-state index contributed by atoms with van der Waals surface area (Å²) in [5, 5.41) is 7.49. The highest BCUT2D eigenvalue weighted by Gasteiger charge is 2.27. The van der Waals surface area contributed by atoms with Gasteiger partial charge in [-0.05, 0) is 12.1 Å². The maximum Gasteiger partial charge on any atom is 0.244 e. The SMILES string of the molecule is O=C(Cn1ccnn1)N1CC[C@H](Oc2ccccc2)C1. The Balaban J connectivity index is 1.53. The van der Waals surface area contributed by atoms with Crippen LogP contribution >= 0.6 is 0 Å². The Kier molecular flexibility index (Phi) is 3.62. The molecule has 0 saturated carbocycles. The van der Waals surface area contributed by atoms with Gasteiger partial charge in [0.05, 0.1) is 12.7 Å². The standard InChI is InChI=1S/C14H16N4O2/c19-14(11-18-9-7-15-16-18)17-8-6-13(10-17)20-12-4-2-1-3-5-12/h1-5,7,9,13H,6,8,10-11H2/t13-/m0/s1. The molecule has 2 aromatic rings. The molecule has 0 N–H and O–H groups in total. The Morgan fingerprint density at radius 2 is 2.20 bits per heavy atom. The molecule has 6 heteroatoms. The van der Waals surface area contributed by atoms with E-state index in [2.05, 4.69) is 10.3 Å². The number of ether oxygens (including phenoxy) is 1. The Morgan fingerprint density at radius 1 is 1.35 bits per heavy atom. The lowest BCUT2D eigenvalue weighted by Crippen LogP contribution is -2.33. The predicted octanol–water partition coefficient (Wildman–Crippen LogP) is 0.958. The van der Waals surface area contributed by atoms with E-state index in [-0.39, 0.29) is 18.6 Å². The molecule has 1 saturated heterocycles. The molecule has 1 aromatic carbocycles. The molecule has 0 spiro atoms. The number of nitrogens with zero attached hydrogens (tertiary/aromatic N) is 4. The zero-order chi connectivity index (χ0) is 13.8. The van der Waals surface area contributed by atoms with Gasteiger partial charge in [0.25, 0.3) is 0 Å². The number of carbonyl (C=O) groups excluding carboxylic acids is 1. The van der Waals surface area contributed by atoms with Crippen LogP contribution in [0.4, 0.5) is 0 Å². The third kappa shape index (κ3) is 2.96. The molecule has 0 radical (unpaired) electrons. The number of rotatable bonds is 4. The number of benzene rings is 1. The molecule has 0 bridgehead atoms. The van der Waals surface area contributed by atoms with E-state index >= 15 is 0 Å². The first-order valence-electron chi connectivity index (χ1n) is 6.65. The van der Waals surface area contributed by atoms with E-state index in [9.17, 15) is 4.79 Å². The molecule has 20 heavy (non-hydrogen) atoms. The number of hydrogen-bond donors (Lipinski definition) is 0. The first kappa shape index (κ1) is 12.7. The fourth-order valence-corrected chi connectivity index (χ4v) is 2.30. The maximum absolute atomic E-state index is 12.1. The molecule has 1 aliphatic heterocycles. The van der Waals surface area contributed by atoms with Crippen molar-refractivity contribution in [1.82, 2.24) is 19.9 Å². The average Bonchev–Trinajstić information content (AvgIpc) is 3.11. The van der Waals surface area contributed by atoms with Crippen LogP contribution in [0, 0.1) is 0 Å². The van der Waals surface area contributed by atoms with Crippen LogP contribution in [0.5, 0.6) is 5.75 Å². The van der Waals surface area contributed by atoms with Gasteiger partial charge in [-0.3, -0.25) is 4.79 Å². The van der Waals surface area contributed by atoms with E-state index in [1.54, 1.807) is 12.4 Å². The third-order valence-corrected chi connectivity index (χ3v) is 3.31.